The van der Waals surface area contributed by atoms with Gasteiger partial charge in [0.15, 0.2) is 11.6 Å². The molecule has 1 aromatic heterocycles. The molecule has 2 N–H and O–H groups in total. The van der Waals surface area contributed by atoms with E-state index in [1.54, 1.807) is 4.57 Å². The van der Waals surface area contributed by atoms with Crippen molar-refractivity contribution in [3.8, 4) is 5.75 Å². The largest absolute Gasteiger partial charge is 0.492 e. The predicted molar refractivity (Wildman–Crippen MR) is 114 cm³/mol. The number of fused-ring (bicyclic) bond motifs is 2. The van der Waals surface area contributed by atoms with Crippen molar-refractivity contribution in [2.24, 2.45) is 11.8 Å². The molecule has 3 atom stereocenters. The number of nitrogens with zero attached hydrogens (tertiary/aromatic N) is 2. The van der Waals surface area contributed by atoms with Gasteiger partial charge in [0.05, 0.1) is 24.1 Å². The number of halogens is 1. The summed E-state index contributed by atoms with van der Waals surface area (Å²) in [7, 11) is 1.45. The van der Waals surface area contributed by atoms with Crippen molar-refractivity contribution in [1.82, 2.24) is 4.57 Å². The number of aromatic carboxylic acids is 1. The summed E-state index contributed by atoms with van der Waals surface area (Å²) in [4.78, 5) is 26.4. The first-order valence-corrected chi connectivity index (χ1v) is 11.0. The number of aliphatic hydroxyl groups excluding tert-OH is 1. The maximum Gasteiger partial charge on any atom is 0.341 e. The number of methoxy groups -OCH3 is 1. The molecule has 0 radical (unpaired) electrons. The Balaban J connectivity index is 1.69. The number of rotatable bonds is 4. The smallest absolute Gasteiger partial charge is 0.341 e. The molecule has 1 saturated heterocycles. The molecule has 2 heterocycles. The number of aliphatic hydroxyl groups is 1. The number of carboxylic acid groups (broad SMARTS) is 1. The monoisotopic (exact) mass is 430 g/mol. The minimum absolute atomic E-state index is 0.0262. The van der Waals surface area contributed by atoms with Crippen LogP contribution in [0.5, 0.6) is 5.75 Å². The zero-order valence-electron chi connectivity index (χ0n) is 17.5. The third-order valence-electron chi connectivity index (χ3n) is 7.20. The van der Waals surface area contributed by atoms with Crippen LogP contribution in [-0.4, -0.2) is 47.1 Å². The molecule has 3 unspecified atom stereocenters. The minimum atomic E-state index is -1.32. The fourth-order valence-corrected chi connectivity index (χ4v) is 5.52. The van der Waals surface area contributed by atoms with Gasteiger partial charge in [-0.2, -0.15) is 0 Å². The van der Waals surface area contributed by atoms with Crippen LogP contribution in [0.1, 0.15) is 54.9 Å². The Labute approximate surface area is 179 Å². The summed E-state index contributed by atoms with van der Waals surface area (Å²) in [5.41, 5.74) is -0.318. The van der Waals surface area contributed by atoms with Crippen molar-refractivity contribution >= 4 is 22.6 Å². The number of hydrogen-bond acceptors (Lipinski definition) is 5. The Bertz CT molecular complexity index is 1110. The topological polar surface area (TPSA) is 92.0 Å². The van der Waals surface area contributed by atoms with E-state index in [9.17, 15) is 19.8 Å². The van der Waals surface area contributed by atoms with E-state index in [-0.39, 0.29) is 34.6 Å². The second-order valence-electron chi connectivity index (χ2n) is 9.13. The molecule has 3 fully saturated rings. The Morgan fingerprint density at radius 2 is 1.94 bits per heavy atom. The third kappa shape index (κ3) is 3.28. The van der Waals surface area contributed by atoms with Crippen LogP contribution < -0.4 is 15.1 Å². The third-order valence-corrected chi connectivity index (χ3v) is 7.20. The average molecular weight is 430 g/mol. The minimum Gasteiger partial charge on any atom is -0.492 e. The molecule has 31 heavy (non-hydrogen) atoms. The normalized spacial score (nSPS) is 26.0. The Morgan fingerprint density at radius 3 is 2.61 bits per heavy atom. The van der Waals surface area contributed by atoms with Crippen molar-refractivity contribution in [3.63, 3.8) is 0 Å². The molecule has 3 aliphatic rings. The summed E-state index contributed by atoms with van der Waals surface area (Å²) in [6.45, 7) is 1.16. The van der Waals surface area contributed by atoms with Gasteiger partial charge in [-0.3, -0.25) is 4.79 Å². The van der Waals surface area contributed by atoms with Gasteiger partial charge in [0, 0.05) is 31.2 Å². The molecule has 166 valence electrons. The molecule has 0 amide bonds. The quantitative estimate of drug-likeness (QED) is 0.774. The first-order chi connectivity index (χ1) is 14.9. The fourth-order valence-electron chi connectivity index (χ4n) is 5.52. The van der Waals surface area contributed by atoms with Crippen molar-refractivity contribution in [3.05, 3.63) is 33.9 Å². The number of benzene rings is 1. The number of carbonyl (C=O) groups is 1. The maximum absolute atomic E-state index is 15.5. The van der Waals surface area contributed by atoms with Crippen LogP contribution in [-0.2, 0) is 0 Å². The Kier molecular flexibility index (Phi) is 4.92. The number of carboxylic acids is 1. The number of anilines is 1. The molecule has 0 bridgehead atoms. The number of ether oxygens (including phenoxy) is 1. The summed E-state index contributed by atoms with van der Waals surface area (Å²) in [5.74, 6) is -1.28. The zero-order chi connectivity index (χ0) is 21.9. The highest BCUT2D eigenvalue weighted by Gasteiger charge is 2.41. The lowest BCUT2D eigenvalue weighted by molar-refractivity contribution is 0.0694. The number of hydrogen-bond donors (Lipinski definition) is 2. The highest BCUT2D eigenvalue weighted by Crippen LogP contribution is 2.46. The summed E-state index contributed by atoms with van der Waals surface area (Å²) < 4.78 is 22.9. The summed E-state index contributed by atoms with van der Waals surface area (Å²) in [5, 5.41) is 20.1. The van der Waals surface area contributed by atoms with E-state index in [0.717, 1.165) is 44.6 Å². The lowest BCUT2D eigenvalue weighted by Crippen LogP contribution is -2.27. The number of aromatic nitrogens is 1. The molecule has 0 spiro atoms. The van der Waals surface area contributed by atoms with Crippen molar-refractivity contribution in [2.45, 2.75) is 50.7 Å². The Hall–Kier alpha value is -2.61. The highest BCUT2D eigenvalue weighted by atomic mass is 19.1. The van der Waals surface area contributed by atoms with E-state index in [1.807, 2.05) is 4.90 Å². The van der Waals surface area contributed by atoms with E-state index in [0.29, 0.717) is 24.3 Å². The van der Waals surface area contributed by atoms with E-state index in [2.05, 4.69) is 0 Å². The van der Waals surface area contributed by atoms with Crippen LogP contribution in [0.2, 0.25) is 0 Å². The fraction of sp³-hybridized carbons (Fsp3) is 0.565. The van der Waals surface area contributed by atoms with Gasteiger partial charge in [-0.05, 0) is 37.7 Å². The molecule has 1 aliphatic heterocycles. The molecule has 7 nitrogen and oxygen atoms in total. The molecule has 5 rings (SSSR count). The lowest BCUT2D eigenvalue weighted by Gasteiger charge is -2.25. The van der Waals surface area contributed by atoms with Crippen LogP contribution in [0.3, 0.4) is 0 Å². The van der Waals surface area contributed by atoms with Gasteiger partial charge in [-0.1, -0.05) is 12.8 Å². The van der Waals surface area contributed by atoms with Crippen molar-refractivity contribution in [1.29, 1.82) is 0 Å². The molecule has 2 aliphatic carbocycles. The van der Waals surface area contributed by atoms with Gasteiger partial charge < -0.3 is 24.4 Å². The van der Waals surface area contributed by atoms with E-state index in [4.69, 9.17) is 4.74 Å². The van der Waals surface area contributed by atoms with Crippen LogP contribution in [0, 0.1) is 17.7 Å². The summed E-state index contributed by atoms with van der Waals surface area (Å²) in [6, 6.07) is 1.23. The van der Waals surface area contributed by atoms with Gasteiger partial charge in [0.2, 0.25) is 5.43 Å². The van der Waals surface area contributed by atoms with Crippen LogP contribution in [0.4, 0.5) is 10.1 Å². The van der Waals surface area contributed by atoms with Crippen molar-refractivity contribution < 1.29 is 24.1 Å². The molecular formula is C23H27FN2O5. The molecule has 2 saturated carbocycles. The average Bonchev–Trinajstić information content (AvgIpc) is 3.52. The van der Waals surface area contributed by atoms with E-state index >= 15 is 4.39 Å². The lowest BCUT2D eigenvalue weighted by atomic mass is 9.90. The molecule has 8 heteroatoms. The van der Waals surface area contributed by atoms with Gasteiger partial charge in [-0.15, -0.1) is 0 Å². The van der Waals surface area contributed by atoms with Gasteiger partial charge in [0.1, 0.15) is 11.3 Å². The molecule has 2 aromatic rings. The van der Waals surface area contributed by atoms with Gasteiger partial charge >= 0.3 is 5.97 Å². The van der Waals surface area contributed by atoms with Crippen molar-refractivity contribution in [2.75, 3.05) is 25.1 Å². The first-order valence-electron chi connectivity index (χ1n) is 11.0. The van der Waals surface area contributed by atoms with E-state index < -0.39 is 23.3 Å². The molecule has 1 aromatic carbocycles. The van der Waals surface area contributed by atoms with E-state index in [1.165, 1.54) is 13.3 Å². The Morgan fingerprint density at radius 1 is 1.19 bits per heavy atom. The highest BCUT2D eigenvalue weighted by molar-refractivity contribution is 5.97. The molecular weight excluding hydrogens is 403 g/mol. The zero-order valence-corrected chi connectivity index (χ0v) is 17.5. The van der Waals surface area contributed by atoms with Gasteiger partial charge in [0.25, 0.3) is 0 Å². The standard InChI is InChI=1S/C23H27FN2O5/c1-31-22-19-14(21(28)16(23(29)30)11-26(19)13-6-7-13)8-17(24)20(22)25-9-12-4-2-3-5-18(27)15(12)10-25/h8,11-13,15,18,27H,2-7,9-10H2,1H3,(H,29,30). The second-order valence-corrected chi connectivity index (χ2v) is 9.13. The first kappa shape index (κ1) is 20.3. The predicted octanol–water partition coefficient (Wildman–Crippen LogP) is 3.17. The SMILES string of the molecule is COc1c(N2CC3CCCCC(O)C3C2)c(F)cc2c(=O)c(C(=O)O)cn(C3CC3)c12. The van der Waals surface area contributed by atoms with Gasteiger partial charge in [-0.25, -0.2) is 9.18 Å². The van der Waals surface area contributed by atoms with Crippen LogP contribution in [0.15, 0.2) is 17.1 Å². The summed E-state index contributed by atoms with van der Waals surface area (Å²) in [6.07, 6.45) is 6.56. The summed E-state index contributed by atoms with van der Waals surface area (Å²) >= 11 is 0. The second kappa shape index (κ2) is 7.51. The number of pyridine rings is 1. The maximum atomic E-state index is 15.5. The van der Waals surface area contributed by atoms with Crippen LogP contribution >= 0.6 is 0 Å². The van der Waals surface area contributed by atoms with Crippen LogP contribution in [0.25, 0.3) is 10.9 Å².